The van der Waals surface area contributed by atoms with Crippen molar-refractivity contribution in [2.75, 3.05) is 19.8 Å². The number of hydrogen-bond acceptors (Lipinski definition) is 6. The fourth-order valence-corrected chi connectivity index (χ4v) is 4.05. The van der Waals surface area contributed by atoms with E-state index in [0.29, 0.717) is 30.3 Å². The highest BCUT2D eigenvalue weighted by molar-refractivity contribution is 5.93. The van der Waals surface area contributed by atoms with Crippen molar-refractivity contribution in [3.63, 3.8) is 0 Å². The van der Waals surface area contributed by atoms with Gasteiger partial charge in [0.05, 0.1) is 12.6 Å². The van der Waals surface area contributed by atoms with Gasteiger partial charge in [0, 0.05) is 44.1 Å². The molecular weight excluding hydrogens is 346 g/mol. The van der Waals surface area contributed by atoms with Gasteiger partial charge in [-0.15, -0.1) is 10.2 Å². The third kappa shape index (κ3) is 2.78. The first-order valence-corrected chi connectivity index (χ1v) is 9.32. The number of fused-ring (bicyclic) bond motifs is 2. The van der Waals surface area contributed by atoms with Gasteiger partial charge in [0.1, 0.15) is 5.82 Å². The molecule has 1 atom stereocenters. The van der Waals surface area contributed by atoms with Crippen molar-refractivity contribution in [1.82, 2.24) is 34.3 Å². The van der Waals surface area contributed by atoms with E-state index in [0.717, 1.165) is 37.7 Å². The van der Waals surface area contributed by atoms with Gasteiger partial charge in [-0.05, 0) is 25.8 Å². The van der Waals surface area contributed by atoms with Crippen LogP contribution in [0.25, 0.3) is 5.65 Å². The number of ether oxygens (including phenoxy) is 1. The molecule has 0 aliphatic carbocycles. The summed E-state index contributed by atoms with van der Waals surface area (Å²) in [5, 5.41) is 13.2. The van der Waals surface area contributed by atoms with E-state index in [1.807, 2.05) is 0 Å². The van der Waals surface area contributed by atoms with Crippen LogP contribution in [0.1, 0.15) is 53.9 Å². The fourth-order valence-electron chi connectivity index (χ4n) is 4.05. The summed E-state index contributed by atoms with van der Waals surface area (Å²) in [5.41, 5.74) is 1.06. The molecular formula is C18H21N7O2. The monoisotopic (exact) mass is 367 g/mol. The number of rotatable bonds is 2. The zero-order chi connectivity index (χ0) is 18.4. The lowest BCUT2D eigenvalue weighted by molar-refractivity contribution is 0.0662. The highest BCUT2D eigenvalue weighted by atomic mass is 16.5. The Balaban J connectivity index is 1.41. The Bertz CT molecular complexity index is 956. The van der Waals surface area contributed by atoms with Crippen LogP contribution in [0.3, 0.4) is 0 Å². The second-order valence-electron chi connectivity index (χ2n) is 7.22. The molecule has 2 aliphatic heterocycles. The number of aromatic nitrogens is 6. The van der Waals surface area contributed by atoms with E-state index in [9.17, 15) is 4.79 Å². The summed E-state index contributed by atoms with van der Waals surface area (Å²) in [6.45, 7) is 4.71. The third-order valence-corrected chi connectivity index (χ3v) is 5.38. The molecule has 1 amide bonds. The molecule has 9 nitrogen and oxygen atoms in total. The van der Waals surface area contributed by atoms with Gasteiger partial charge in [0.2, 0.25) is 0 Å². The van der Waals surface area contributed by atoms with E-state index in [1.54, 1.807) is 33.9 Å². The van der Waals surface area contributed by atoms with Gasteiger partial charge in [0.25, 0.3) is 5.91 Å². The molecule has 0 saturated carbocycles. The van der Waals surface area contributed by atoms with Gasteiger partial charge >= 0.3 is 0 Å². The fraction of sp³-hybridized carbons (Fsp3) is 0.500. The number of carbonyl (C=O) groups excluding carboxylic acids is 1. The topological polar surface area (TPSA) is 90.4 Å². The lowest BCUT2D eigenvalue weighted by Crippen LogP contribution is -2.41. The van der Waals surface area contributed by atoms with Crippen LogP contribution < -0.4 is 0 Å². The average molecular weight is 367 g/mol. The maximum absolute atomic E-state index is 13.0. The van der Waals surface area contributed by atoms with Crippen molar-refractivity contribution in [3.8, 4) is 0 Å². The van der Waals surface area contributed by atoms with Crippen LogP contribution in [0.2, 0.25) is 0 Å². The Morgan fingerprint density at radius 1 is 1.26 bits per heavy atom. The first-order chi connectivity index (χ1) is 13.2. The smallest absolute Gasteiger partial charge is 0.274 e. The van der Waals surface area contributed by atoms with Crippen molar-refractivity contribution >= 4 is 11.6 Å². The van der Waals surface area contributed by atoms with Gasteiger partial charge in [-0.2, -0.15) is 5.10 Å². The zero-order valence-corrected chi connectivity index (χ0v) is 15.2. The summed E-state index contributed by atoms with van der Waals surface area (Å²) >= 11 is 0. The predicted molar refractivity (Wildman–Crippen MR) is 95.3 cm³/mol. The minimum absolute atomic E-state index is 0.103. The summed E-state index contributed by atoms with van der Waals surface area (Å²) in [6, 6.07) is 3.64. The Morgan fingerprint density at radius 2 is 2.11 bits per heavy atom. The maximum atomic E-state index is 13.0. The lowest BCUT2D eigenvalue weighted by Gasteiger charge is -2.33. The number of nitrogens with zero attached hydrogens (tertiary/aromatic N) is 7. The summed E-state index contributed by atoms with van der Waals surface area (Å²) < 4.78 is 9.30. The second-order valence-corrected chi connectivity index (χ2v) is 7.22. The van der Waals surface area contributed by atoms with Crippen LogP contribution in [0.15, 0.2) is 24.5 Å². The van der Waals surface area contributed by atoms with Gasteiger partial charge in [-0.3, -0.25) is 4.79 Å². The van der Waals surface area contributed by atoms with Gasteiger partial charge < -0.3 is 14.2 Å². The first-order valence-electron chi connectivity index (χ1n) is 9.32. The third-order valence-electron chi connectivity index (χ3n) is 5.38. The van der Waals surface area contributed by atoms with Gasteiger partial charge in [-0.1, -0.05) is 0 Å². The molecule has 0 bridgehead atoms. The molecule has 0 radical (unpaired) electrons. The Hall–Kier alpha value is -2.81. The van der Waals surface area contributed by atoms with E-state index < -0.39 is 0 Å². The highest BCUT2D eigenvalue weighted by Gasteiger charge is 2.33. The van der Waals surface area contributed by atoms with Crippen LogP contribution >= 0.6 is 0 Å². The molecule has 0 unspecified atom stereocenters. The lowest BCUT2D eigenvalue weighted by atomic mass is 9.99. The van der Waals surface area contributed by atoms with Crippen LogP contribution in [0.5, 0.6) is 0 Å². The summed E-state index contributed by atoms with van der Waals surface area (Å²) in [6.07, 6.45) is 5.42. The molecule has 5 rings (SSSR count). The number of carbonyl (C=O) groups is 1. The average Bonchev–Trinajstić information content (AvgIpc) is 3.32. The molecule has 1 saturated heterocycles. The van der Waals surface area contributed by atoms with Crippen molar-refractivity contribution in [2.45, 2.75) is 38.3 Å². The maximum Gasteiger partial charge on any atom is 0.274 e. The van der Waals surface area contributed by atoms with E-state index in [2.05, 4.69) is 31.8 Å². The second kappa shape index (κ2) is 6.41. The Labute approximate surface area is 156 Å². The molecule has 0 aromatic carbocycles. The van der Waals surface area contributed by atoms with Crippen molar-refractivity contribution < 1.29 is 9.53 Å². The number of amides is 1. The van der Waals surface area contributed by atoms with E-state index in [-0.39, 0.29) is 11.9 Å². The first kappa shape index (κ1) is 16.4. The number of hydrogen-bond donors (Lipinski definition) is 0. The quantitative estimate of drug-likeness (QED) is 0.681. The van der Waals surface area contributed by atoms with Crippen LogP contribution in [0.4, 0.5) is 0 Å². The molecule has 3 aromatic heterocycles. The normalized spacial score (nSPS) is 20.8. The molecule has 140 valence electrons. The van der Waals surface area contributed by atoms with Gasteiger partial charge in [0.15, 0.2) is 17.2 Å². The molecule has 27 heavy (non-hydrogen) atoms. The van der Waals surface area contributed by atoms with Gasteiger partial charge in [-0.25, -0.2) is 9.50 Å². The largest absolute Gasteiger partial charge is 0.381 e. The predicted octanol–water partition coefficient (Wildman–Crippen LogP) is 1.43. The highest BCUT2D eigenvalue weighted by Crippen LogP contribution is 2.31. The minimum Gasteiger partial charge on any atom is -0.381 e. The SMILES string of the molecule is C[C@H]1CN(C(=O)c2cc3ncccn3n2)Cc2nnc(C3CCOCC3)n21. The van der Waals surface area contributed by atoms with Crippen molar-refractivity contribution in [3.05, 3.63) is 41.9 Å². The summed E-state index contributed by atoms with van der Waals surface area (Å²) in [7, 11) is 0. The standard InChI is InChI=1S/C18H21N7O2/c1-12-10-23(18(26)14-9-15-19-5-2-6-24(15)22-14)11-16-20-21-17(25(12)16)13-3-7-27-8-4-13/h2,5-6,9,12-13H,3-4,7-8,10-11H2,1H3/t12-/m0/s1. The molecule has 9 heteroatoms. The summed E-state index contributed by atoms with van der Waals surface area (Å²) in [5.74, 6) is 2.15. The van der Waals surface area contributed by atoms with Crippen molar-refractivity contribution in [2.24, 2.45) is 0 Å². The Morgan fingerprint density at radius 3 is 2.93 bits per heavy atom. The van der Waals surface area contributed by atoms with Crippen LogP contribution in [-0.4, -0.2) is 59.9 Å². The van der Waals surface area contributed by atoms with Crippen LogP contribution in [0, 0.1) is 0 Å². The molecule has 0 spiro atoms. The molecule has 2 aliphatic rings. The van der Waals surface area contributed by atoms with E-state index >= 15 is 0 Å². The molecule has 5 heterocycles. The Kier molecular flexibility index (Phi) is 3.89. The summed E-state index contributed by atoms with van der Waals surface area (Å²) in [4.78, 5) is 19.0. The minimum atomic E-state index is -0.103. The van der Waals surface area contributed by atoms with E-state index in [4.69, 9.17) is 4.74 Å². The van der Waals surface area contributed by atoms with E-state index in [1.165, 1.54) is 0 Å². The molecule has 1 fully saturated rings. The molecule has 0 N–H and O–H groups in total. The van der Waals surface area contributed by atoms with Crippen molar-refractivity contribution in [1.29, 1.82) is 0 Å². The molecule has 3 aromatic rings. The van der Waals surface area contributed by atoms with Crippen LogP contribution in [-0.2, 0) is 11.3 Å². The zero-order valence-electron chi connectivity index (χ0n) is 15.2.